The van der Waals surface area contributed by atoms with Crippen LogP contribution in [-0.2, 0) is 32.6 Å². The number of carbonyl (C=O) groups excluding carboxylic acids is 2. The van der Waals surface area contributed by atoms with Crippen LogP contribution in [-0.4, -0.2) is 58.5 Å². The van der Waals surface area contributed by atoms with Crippen LogP contribution in [0.2, 0.25) is 10.0 Å². The highest BCUT2D eigenvalue weighted by atomic mass is 35.5. The highest BCUT2D eigenvalue weighted by Gasteiger charge is 2.36. The van der Waals surface area contributed by atoms with Crippen LogP contribution in [0.5, 0.6) is 11.5 Å². The van der Waals surface area contributed by atoms with Crippen LogP contribution in [0.3, 0.4) is 0 Å². The molecule has 12 heteroatoms. The normalized spacial score (nSPS) is 11.8. The SMILES string of the molecule is CCCCNC(=O)[C@@H](Cc1ccccc1)N(Cc1c(Cl)cccc1Cl)C(=O)CN(c1cc(OC)ccc1OC)S(=O)(=O)c1ccc(C)cc1. The highest BCUT2D eigenvalue weighted by molar-refractivity contribution is 7.92. The zero-order valence-corrected chi connectivity index (χ0v) is 30.3. The van der Waals surface area contributed by atoms with Crippen LogP contribution in [0.1, 0.15) is 36.5 Å². The van der Waals surface area contributed by atoms with Gasteiger partial charge in [-0.2, -0.15) is 0 Å². The van der Waals surface area contributed by atoms with Gasteiger partial charge in [-0.3, -0.25) is 13.9 Å². The Bertz CT molecular complexity index is 1820. The Balaban J connectivity index is 1.88. The van der Waals surface area contributed by atoms with E-state index in [-0.39, 0.29) is 35.2 Å². The number of ether oxygens (including phenoxy) is 2. The second-order valence-electron chi connectivity index (χ2n) is 11.4. The number of amides is 2. The minimum absolute atomic E-state index is 0.0328. The second-order valence-corrected chi connectivity index (χ2v) is 14.1. The number of unbranched alkanes of at least 4 members (excludes halogenated alkanes) is 1. The van der Waals surface area contributed by atoms with E-state index in [9.17, 15) is 18.0 Å². The lowest BCUT2D eigenvalue weighted by Gasteiger charge is -2.34. The van der Waals surface area contributed by atoms with Crippen molar-refractivity contribution >= 4 is 50.7 Å². The molecule has 0 aliphatic carbocycles. The number of nitrogens with one attached hydrogen (secondary N) is 1. The number of methoxy groups -OCH3 is 2. The molecule has 0 saturated carbocycles. The van der Waals surface area contributed by atoms with Gasteiger partial charge >= 0.3 is 0 Å². The van der Waals surface area contributed by atoms with Gasteiger partial charge < -0.3 is 19.7 Å². The Kier molecular flexibility index (Phi) is 13.4. The molecule has 0 aliphatic heterocycles. The Morgan fingerprint density at radius 2 is 1.55 bits per heavy atom. The number of sulfonamides is 1. The fourth-order valence-corrected chi connectivity index (χ4v) is 7.19. The molecule has 0 radical (unpaired) electrons. The van der Waals surface area contributed by atoms with Crippen molar-refractivity contribution in [3.63, 3.8) is 0 Å². The van der Waals surface area contributed by atoms with Gasteiger partial charge in [-0.05, 0) is 55.3 Å². The van der Waals surface area contributed by atoms with Gasteiger partial charge in [0.25, 0.3) is 10.0 Å². The largest absolute Gasteiger partial charge is 0.497 e. The molecule has 1 atom stereocenters. The van der Waals surface area contributed by atoms with Crippen molar-refractivity contribution < 1.29 is 27.5 Å². The second kappa shape index (κ2) is 17.4. The summed E-state index contributed by atoms with van der Waals surface area (Å²) in [6.07, 6.45) is 1.75. The summed E-state index contributed by atoms with van der Waals surface area (Å²) in [5.74, 6) is -0.503. The van der Waals surface area contributed by atoms with Crippen molar-refractivity contribution in [2.75, 3.05) is 31.6 Å². The van der Waals surface area contributed by atoms with E-state index < -0.39 is 28.5 Å². The van der Waals surface area contributed by atoms with E-state index in [4.69, 9.17) is 32.7 Å². The Morgan fingerprint density at radius 3 is 2.16 bits per heavy atom. The first-order valence-corrected chi connectivity index (χ1v) is 18.0. The number of aryl methyl sites for hydroxylation is 1. The van der Waals surface area contributed by atoms with Gasteiger partial charge in [0.1, 0.15) is 24.1 Å². The highest BCUT2D eigenvalue weighted by Crippen LogP contribution is 2.36. The van der Waals surface area contributed by atoms with E-state index in [1.54, 1.807) is 42.5 Å². The first kappa shape index (κ1) is 37.6. The molecule has 0 spiro atoms. The quantitative estimate of drug-likeness (QED) is 0.124. The van der Waals surface area contributed by atoms with Gasteiger partial charge in [0.05, 0.1) is 24.8 Å². The molecule has 49 heavy (non-hydrogen) atoms. The van der Waals surface area contributed by atoms with Crippen molar-refractivity contribution in [2.24, 2.45) is 0 Å². The molecular weight excluding hydrogens is 685 g/mol. The predicted molar refractivity (Wildman–Crippen MR) is 194 cm³/mol. The monoisotopic (exact) mass is 725 g/mol. The third-order valence-corrected chi connectivity index (χ3v) is 10.5. The van der Waals surface area contributed by atoms with E-state index in [0.717, 1.165) is 28.3 Å². The lowest BCUT2D eigenvalue weighted by atomic mass is 10.0. The molecule has 2 amide bonds. The maximum atomic E-state index is 14.8. The summed E-state index contributed by atoms with van der Waals surface area (Å²) in [5, 5.41) is 3.57. The molecule has 9 nitrogen and oxygen atoms in total. The minimum atomic E-state index is -4.37. The number of anilines is 1. The van der Waals surface area contributed by atoms with Gasteiger partial charge in [0.2, 0.25) is 11.8 Å². The molecule has 0 aliphatic rings. The van der Waals surface area contributed by atoms with Crippen LogP contribution in [0.15, 0.2) is 95.9 Å². The van der Waals surface area contributed by atoms with E-state index in [1.807, 2.05) is 44.2 Å². The van der Waals surface area contributed by atoms with Gasteiger partial charge in [-0.1, -0.05) is 90.6 Å². The number of rotatable bonds is 16. The summed E-state index contributed by atoms with van der Waals surface area (Å²) in [5.41, 5.74) is 2.17. The van der Waals surface area contributed by atoms with E-state index >= 15 is 0 Å². The molecule has 4 aromatic carbocycles. The average molecular weight is 727 g/mol. The summed E-state index contributed by atoms with van der Waals surface area (Å²) in [6.45, 7) is 3.42. The van der Waals surface area contributed by atoms with Crippen LogP contribution >= 0.6 is 23.2 Å². The number of nitrogens with zero attached hydrogens (tertiary/aromatic N) is 2. The predicted octanol–water partition coefficient (Wildman–Crippen LogP) is 7.07. The smallest absolute Gasteiger partial charge is 0.264 e. The number of carbonyl (C=O) groups is 2. The summed E-state index contributed by atoms with van der Waals surface area (Å²) >= 11 is 13.2. The van der Waals surface area contributed by atoms with E-state index in [1.165, 1.54) is 37.3 Å². The fourth-order valence-electron chi connectivity index (χ4n) is 5.26. The third-order valence-electron chi connectivity index (χ3n) is 8.03. The standard InChI is InChI=1S/C37H41Cl2N3O6S/c1-5-6-21-40-37(44)34(22-27-11-8-7-9-12-27)41(24-30-31(38)13-10-14-32(30)39)36(43)25-42(33-23-28(47-3)17-20-35(33)48-4)49(45,46)29-18-15-26(2)16-19-29/h7-20,23,34H,5-6,21-22,24-25H2,1-4H3,(H,40,44)/t34-/m1/s1. The maximum Gasteiger partial charge on any atom is 0.264 e. The number of hydrogen-bond acceptors (Lipinski definition) is 6. The molecule has 260 valence electrons. The van der Waals surface area contributed by atoms with Crippen LogP contribution < -0.4 is 19.1 Å². The van der Waals surface area contributed by atoms with Crippen LogP contribution in [0, 0.1) is 6.92 Å². The van der Waals surface area contributed by atoms with Crippen molar-refractivity contribution in [1.82, 2.24) is 10.2 Å². The van der Waals surface area contributed by atoms with Gasteiger partial charge in [-0.15, -0.1) is 0 Å². The number of halogens is 2. The first-order chi connectivity index (χ1) is 23.5. The zero-order valence-electron chi connectivity index (χ0n) is 28.0. The molecule has 0 unspecified atom stereocenters. The lowest BCUT2D eigenvalue weighted by molar-refractivity contribution is -0.140. The molecule has 0 bridgehead atoms. The maximum absolute atomic E-state index is 14.8. The average Bonchev–Trinajstić information content (AvgIpc) is 3.10. The van der Waals surface area contributed by atoms with Crippen molar-refractivity contribution in [3.8, 4) is 11.5 Å². The number of benzene rings is 4. The van der Waals surface area contributed by atoms with Gasteiger partial charge in [0, 0.05) is 41.2 Å². The van der Waals surface area contributed by atoms with Crippen molar-refractivity contribution in [3.05, 3.63) is 118 Å². The minimum Gasteiger partial charge on any atom is -0.497 e. The van der Waals surface area contributed by atoms with Gasteiger partial charge in [0.15, 0.2) is 0 Å². The summed E-state index contributed by atoms with van der Waals surface area (Å²) in [6, 6.07) is 24.2. The lowest BCUT2D eigenvalue weighted by Crippen LogP contribution is -2.53. The van der Waals surface area contributed by atoms with Crippen molar-refractivity contribution in [2.45, 2.75) is 50.6 Å². The zero-order chi connectivity index (χ0) is 35.6. The van der Waals surface area contributed by atoms with E-state index in [0.29, 0.717) is 27.9 Å². The number of hydrogen-bond donors (Lipinski definition) is 1. The summed E-state index contributed by atoms with van der Waals surface area (Å²) in [7, 11) is -1.51. The Hall–Kier alpha value is -4.25. The Morgan fingerprint density at radius 1 is 0.878 bits per heavy atom. The molecule has 0 fully saturated rings. The van der Waals surface area contributed by atoms with Gasteiger partial charge in [-0.25, -0.2) is 8.42 Å². The molecule has 0 saturated heterocycles. The summed E-state index contributed by atoms with van der Waals surface area (Å²) in [4.78, 5) is 30.1. The van der Waals surface area contributed by atoms with Crippen molar-refractivity contribution in [1.29, 1.82) is 0 Å². The molecule has 4 aromatic rings. The molecule has 0 heterocycles. The first-order valence-electron chi connectivity index (χ1n) is 15.9. The van der Waals surface area contributed by atoms with E-state index in [2.05, 4.69) is 5.32 Å². The molecule has 4 rings (SSSR count). The fraction of sp³-hybridized carbons (Fsp3) is 0.297. The third kappa shape index (κ3) is 9.47. The Labute approximate surface area is 298 Å². The topological polar surface area (TPSA) is 105 Å². The van der Waals surface area contributed by atoms with Crippen LogP contribution in [0.4, 0.5) is 5.69 Å². The van der Waals surface area contributed by atoms with Crippen LogP contribution in [0.25, 0.3) is 0 Å². The molecule has 0 aromatic heterocycles. The molecule has 1 N–H and O–H groups in total. The summed E-state index contributed by atoms with van der Waals surface area (Å²) < 4.78 is 40.9. The molecular formula is C37H41Cl2N3O6S.